The summed E-state index contributed by atoms with van der Waals surface area (Å²) in [5, 5.41) is 9.60. The average Bonchev–Trinajstić information content (AvgIpc) is 3.66. The molecule has 0 radical (unpaired) electrons. The van der Waals surface area contributed by atoms with Crippen LogP contribution in [0.15, 0.2) is 21.5 Å². The summed E-state index contributed by atoms with van der Waals surface area (Å²) in [5.41, 5.74) is 7.79. The van der Waals surface area contributed by atoms with Gasteiger partial charge in [-0.25, -0.2) is 13.8 Å². The zero-order valence-corrected chi connectivity index (χ0v) is 44.2. The van der Waals surface area contributed by atoms with Crippen molar-refractivity contribution < 1.29 is 92.6 Å². The summed E-state index contributed by atoms with van der Waals surface area (Å²) >= 11 is 1.70. The Bertz CT molecular complexity index is 2100. The number of aryl methyl sites for hydroxylation is 1. The largest absolute Gasteiger partial charge is 0.420 e. The highest BCUT2D eigenvalue weighted by Gasteiger charge is 2.34. The number of aliphatic imine (C=N–C) groups is 1. The summed E-state index contributed by atoms with van der Waals surface area (Å²) in [6.07, 6.45) is 6.98. The van der Waals surface area contributed by atoms with Gasteiger partial charge in [0.15, 0.2) is 22.8 Å². The lowest BCUT2D eigenvalue weighted by Gasteiger charge is -2.22. The Morgan fingerprint density at radius 2 is 1.22 bits per heavy atom. The van der Waals surface area contributed by atoms with Gasteiger partial charge < -0.3 is 68.0 Å². The first-order valence-corrected chi connectivity index (χ1v) is 26.9. The van der Waals surface area contributed by atoms with Gasteiger partial charge in [-0.1, -0.05) is 20.3 Å². The maximum Gasteiger partial charge on any atom is 0.313 e. The third kappa shape index (κ3) is 24.9. The van der Waals surface area contributed by atoms with E-state index in [1.165, 1.54) is 4.88 Å². The Morgan fingerprint density at radius 1 is 0.716 bits per heavy atom. The van der Waals surface area contributed by atoms with E-state index in [4.69, 9.17) is 52.9 Å². The molecule has 1 atom stereocenters. The van der Waals surface area contributed by atoms with Gasteiger partial charge in [0.05, 0.1) is 129 Å². The first-order valence-electron chi connectivity index (χ1n) is 24.7. The number of amides is 1. The smallest absolute Gasteiger partial charge is 0.313 e. The quantitative estimate of drug-likeness (QED) is 0.0149. The molecule has 74 heavy (non-hydrogen) atoms. The van der Waals surface area contributed by atoms with Crippen LogP contribution < -0.4 is 10.5 Å². The summed E-state index contributed by atoms with van der Waals surface area (Å²) in [6.45, 7) is 11.1. The first-order chi connectivity index (χ1) is 35.6. The van der Waals surface area contributed by atoms with Crippen LogP contribution in [0.25, 0.3) is 6.08 Å². The molecule has 1 aromatic heterocycles. The van der Waals surface area contributed by atoms with Gasteiger partial charge >= 0.3 is 16.1 Å². The maximum absolute atomic E-state index is 14.0. The molecule has 20 nitrogen and oxygen atoms in total. The van der Waals surface area contributed by atoms with Crippen LogP contribution in [0.3, 0.4) is 0 Å². The van der Waals surface area contributed by atoms with Crippen molar-refractivity contribution in [1.29, 1.82) is 0 Å². The molecule has 422 valence electrons. The standard InChI is InChI=1S/C48H74F4N4O16S2/c1-4-11-56(12-5-2)48(59)35-31-38-37(54-39(53)32-35)33-36(73-38)9-7-6-8-13-55(3)14-16-64-27-29-70-41(34-57)71-30-28-69-26-25-68-24-23-67-22-21-66-20-19-65-18-17-63-15-10-40(58)72-46-42(49)44(51)47(74(60,61)62)45(52)43(46)50/h31,33,41,57H,4-30,32,34H2,1-3H3,(H2,53,54)(H,60,61,62). The SMILES string of the molecule is CCCN(CCC)C(=O)C1=Cc2sc(CCCCCN(C)CCOCCOC(CO)OCCOCCOCCOCCOCCOCCOCCC(=O)Oc3c(F)c(F)c(S(=O)(=O)O)c(F)c3F)cc2N=C(N)C1. The van der Waals surface area contributed by atoms with Gasteiger partial charge in [-0.2, -0.15) is 17.2 Å². The monoisotopic (exact) mass is 1100 g/mol. The molecule has 2 aromatic rings. The van der Waals surface area contributed by atoms with Crippen molar-refractivity contribution in [2.45, 2.75) is 76.4 Å². The molecule has 0 saturated heterocycles. The van der Waals surface area contributed by atoms with Crippen molar-refractivity contribution in [1.82, 2.24) is 9.80 Å². The minimum absolute atomic E-state index is 0.0161. The highest BCUT2D eigenvalue weighted by Crippen LogP contribution is 2.36. The van der Waals surface area contributed by atoms with E-state index in [-0.39, 0.29) is 65.4 Å². The molecule has 1 aliphatic heterocycles. The number of ether oxygens (including phenoxy) is 10. The number of thiophene rings is 1. The van der Waals surface area contributed by atoms with Gasteiger partial charge in [-0.3, -0.25) is 14.1 Å². The molecule has 4 N–H and O–H groups in total. The van der Waals surface area contributed by atoms with Crippen molar-refractivity contribution in [3.8, 4) is 5.75 Å². The predicted octanol–water partition coefficient (Wildman–Crippen LogP) is 5.08. The number of fused-ring (bicyclic) bond motifs is 1. The van der Waals surface area contributed by atoms with Crippen LogP contribution in [0.5, 0.6) is 5.75 Å². The molecule has 1 aliphatic rings. The summed E-state index contributed by atoms with van der Waals surface area (Å²) in [4.78, 5) is 33.9. The van der Waals surface area contributed by atoms with Crippen LogP contribution >= 0.6 is 11.3 Å². The number of aliphatic hydroxyl groups excluding tert-OH is 1. The summed E-state index contributed by atoms with van der Waals surface area (Å²) in [7, 11) is -3.58. The number of benzene rings is 1. The topological polar surface area (TPSA) is 246 Å². The van der Waals surface area contributed by atoms with Crippen molar-refractivity contribution in [3.05, 3.63) is 44.7 Å². The fraction of sp³-hybridized carbons (Fsp3) is 0.688. The Hall–Kier alpha value is -3.74. The van der Waals surface area contributed by atoms with E-state index >= 15 is 0 Å². The molecule has 0 aliphatic carbocycles. The van der Waals surface area contributed by atoms with Gasteiger partial charge in [-0.05, 0) is 57.8 Å². The average molecular weight is 1100 g/mol. The Labute approximate surface area is 435 Å². The maximum atomic E-state index is 14.0. The van der Waals surface area contributed by atoms with E-state index in [9.17, 15) is 40.7 Å². The fourth-order valence-corrected chi connectivity index (χ4v) is 8.65. The highest BCUT2D eigenvalue weighted by atomic mass is 32.2. The minimum Gasteiger partial charge on any atom is -0.420 e. The summed E-state index contributed by atoms with van der Waals surface area (Å²) in [5.74, 6) is -12.2. The number of rotatable bonds is 43. The number of aliphatic hydroxyl groups is 1. The van der Waals surface area contributed by atoms with E-state index in [1.807, 2.05) is 11.0 Å². The van der Waals surface area contributed by atoms with Crippen molar-refractivity contribution >= 4 is 50.9 Å². The number of halogens is 4. The second-order valence-electron chi connectivity index (χ2n) is 16.6. The van der Waals surface area contributed by atoms with Crippen LogP contribution in [-0.2, 0) is 68.8 Å². The molecular weight excluding hydrogens is 1030 g/mol. The fourth-order valence-electron chi connectivity index (χ4n) is 6.91. The van der Waals surface area contributed by atoms with E-state index in [1.54, 1.807) is 11.3 Å². The lowest BCUT2D eigenvalue weighted by Crippen LogP contribution is -2.34. The first kappa shape index (κ1) is 64.5. The summed E-state index contributed by atoms with van der Waals surface area (Å²) in [6, 6.07) is 2.11. The van der Waals surface area contributed by atoms with E-state index < -0.39 is 62.7 Å². The van der Waals surface area contributed by atoms with Crippen LogP contribution in [-0.4, -0.2) is 197 Å². The third-order valence-corrected chi connectivity index (χ3v) is 12.5. The van der Waals surface area contributed by atoms with Crippen LogP contribution in [0.2, 0.25) is 0 Å². The van der Waals surface area contributed by atoms with E-state index in [0.29, 0.717) is 70.7 Å². The Balaban J connectivity index is 1.06. The van der Waals surface area contributed by atoms with Crippen LogP contribution in [0, 0.1) is 23.3 Å². The lowest BCUT2D eigenvalue weighted by atomic mass is 10.1. The second kappa shape index (κ2) is 37.1. The number of unbranched alkanes of at least 4 members (excludes halogenated alkanes) is 2. The number of likely N-dealkylation sites (N-methyl/N-ethyl adjacent to an activating group) is 1. The number of carbonyl (C=O) groups excluding carboxylic acids is 2. The van der Waals surface area contributed by atoms with Crippen LogP contribution in [0.1, 0.15) is 68.5 Å². The van der Waals surface area contributed by atoms with Crippen molar-refractivity contribution in [2.75, 3.05) is 146 Å². The molecule has 1 aromatic carbocycles. The van der Waals surface area contributed by atoms with Crippen LogP contribution in [0.4, 0.5) is 23.2 Å². The zero-order valence-electron chi connectivity index (χ0n) is 42.6. The van der Waals surface area contributed by atoms with Crippen molar-refractivity contribution in [3.63, 3.8) is 0 Å². The second-order valence-corrected chi connectivity index (χ2v) is 19.1. The molecule has 0 fully saturated rings. The highest BCUT2D eigenvalue weighted by molar-refractivity contribution is 7.85. The molecule has 0 bridgehead atoms. The predicted molar refractivity (Wildman–Crippen MR) is 265 cm³/mol. The number of nitrogens with two attached hydrogens (primary N) is 1. The molecule has 2 heterocycles. The molecule has 1 amide bonds. The van der Waals surface area contributed by atoms with Gasteiger partial charge in [-0.15, -0.1) is 11.3 Å². The van der Waals surface area contributed by atoms with Gasteiger partial charge in [0.2, 0.25) is 23.3 Å². The number of esters is 1. The number of amidine groups is 1. The minimum atomic E-state index is -5.65. The van der Waals surface area contributed by atoms with E-state index in [0.717, 1.165) is 75.3 Å². The van der Waals surface area contributed by atoms with Crippen molar-refractivity contribution in [2.24, 2.45) is 10.7 Å². The zero-order chi connectivity index (χ0) is 54.1. The summed E-state index contributed by atoms with van der Waals surface area (Å²) < 4.78 is 140. The van der Waals surface area contributed by atoms with Gasteiger partial charge in [0, 0.05) is 36.5 Å². The molecule has 0 spiro atoms. The number of nitrogens with zero attached hydrogens (tertiary/aromatic N) is 3. The van der Waals surface area contributed by atoms with Gasteiger partial charge in [0.25, 0.3) is 0 Å². The molecule has 1 unspecified atom stereocenters. The number of hydrogen-bond donors (Lipinski definition) is 3. The number of hydrogen-bond acceptors (Lipinski definition) is 19. The molecule has 0 saturated carbocycles. The Kier molecular flexibility index (Phi) is 32.4. The van der Waals surface area contributed by atoms with Gasteiger partial charge in [0.1, 0.15) is 5.84 Å². The Morgan fingerprint density at radius 3 is 1.72 bits per heavy atom. The molecule has 3 rings (SSSR count). The third-order valence-electron chi connectivity index (χ3n) is 10.5. The molecule has 26 heteroatoms. The number of carbonyl (C=O) groups is 2. The normalized spacial score (nSPS) is 13.2. The lowest BCUT2D eigenvalue weighted by molar-refractivity contribution is -0.175. The van der Waals surface area contributed by atoms with E-state index in [2.05, 4.69) is 41.6 Å². The molecular formula is C48H74F4N4O16S2.